The van der Waals surface area contributed by atoms with Crippen LogP contribution in [-0.2, 0) is 23.6 Å². The van der Waals surface area contributed by atoms with E-state index >= 15 is 0 Å². The minimum absolute atomic E-state index is 0.195. The summed E-state index contributed by atoms with van der Waals surface area (Å²) in [5, 5.41) is 8.55. The molecule has 0 N–H and O–H groups in total. The fraction of sp³-hybridized carbons (Fsp3) is 0.120. The molecule has 0 aliphatic carbocycles. The standard InChI is InChI=1S/C25H22FN5O2S/c1-18-7-9-23(10-8-18)34(32,33)31-17-20(11-25(31)22-13-27-29(2)14-22)21-12-28-30(16-21)15-19-5-3-4-6-24(19)26/h3-14,16-17H,15H2,1-2H3. The summed E-state index contributed by atoms with van der Waals surface area (Å²) in [5.74, 6) is -0.297. The van der Waals surface area contributed by atoms with Gasteiger partial charge in [0.1, 0.15) is 5.82 Å². The number of benzene rings is 2. The van der Waals surface area contributed by atoms with Crippen LogP contribution in [0.4, 0.5) is 4.39 Å². The molecular weight excluding hydrogens is 453 g/mol. The lowest BCUT2D eigenvalue weighted by atomic mass is 10.1. The highest BCUT2D eigenvalue weighted by Crippen LogP contribution is 2.31. The van der Waals surface area contributed by atoms with Gasteiger partial charge in [0, 0.05) is 47.9 Å². The van der Waals surface area contributed by atoms with Crippen LogP contribution in [0.25, 0.3) is 22.4 Å². The average Bonchev–Trinajstić information content (AvgIpc) is 3.55. The topological polar surface area (TPSA) is 74.7 Å². The van der Waals surface area contributed by atoms with Crippen molar-refractivity contribution in [2.24, 2.45) is 7.05 Å². The van der Waals surface area contributed by atoms with Gasteiger partial charge in [-0.3, -0.25) is 9.36 Å². The van der Waals surface area contributed by atoms with Gasteiger partial charge in [0.25, 0.3) is 10.0 Å². The second-order valence-electron chi connectivity index (χ2n) is 8.15. The number of aryl methyl sites for hydroxylation is 2. The van der Waals surface area contributed by atoms with E-state index in [-0.39, 0.29) is 17.3 Å². The Morgan fingerprint density at radius 1 is 0.882 bits per heavy atom. The Hall–Kier alpha value is -3.98. The molecule has 5 aromatic rings. The normalized spacial score (nSPS) is 11.7. The molecule has 172 valence electrons. The molecule has 2 aromatic carbocycles. The van der Waals surface area contributed by atoms with Gasteiger partial charge in [-0.25, -0.2) is 16.8 Å². The average molecular weight is 476 g/mol. The quantitative estimate of drug-likeness (QED) is 0.363. The molecule has 0 saturated heterocycles. The summed E-state index contributed by atoms with van der Waals surface area (Å²) >= 11 is 0. The van der Waals surface area contributed by atoms with Crippen molar-refractivity contribution in [2.45, 2.75) is 18.4 Å². The highest BCUT2D eigenvalue weighted by atomic mass is 32.2. The maximum absolute atomic E-state index is 14.0. The van der Waals surface area contributed by atoms with Crippen LogP contribution in [-0.4, -0.2) is 32.0 Å². The molecule has 0 unspecified atom stereocenters. The monoisotopic (exact) mass is 475 g/mol. The molecule has 3 aromatic heterocycles. The fourth-order valence-corrected chi connectivity index (χ4v) is 5.17. The lowest BCUT2D eigenvalue weighted by molar-refractivity contribution is 0.585. The molecule has 0 amide bonds. The minimum Gasteiger partial charge on any atom is -0.275 e. The highest BCUT2D eigenvalue weighted by Gasteiger charge is 2.23. The third kappa shape index (κ3) is 4.06. The summed E-state index contributed by atoms with van der Waals surface area (Å²) in [4.78, 5) is 0.195. The maximum Gasteiger partial charge on any atom is 0.268 e. The van der Waals surface area contributed by atoms with Gasteiger partial charge in [0.15, 0.2) is 0 Å². The van der Waals surface area contributed by atoms with Gasteiger partial charge in [-0.05, 0) is 31.2 Å². The molecule has 0 spiro atoms. The molecule has 0 saturated carbocycles. The Bertz CT molecular complexity index is 1580. The van der Waals surface area contributed by atoms with Crippen molar-refractivity contribution in [1.82, 2.24) is 23.5 Å². The van der Waals surface area contributed by atoms with Crippen molar-refractivity contribution in [1.29, 1.82) is 0 Å². The predicted octanol–water partition coefficient (Wildman–Crippen LogP) is 4.48. The molecule has 9 heteroatoms. The summed E-state index contributed by atoms with van der Waals surface area (Å²) in [6, 6.07) is 15.1. The third-order valence-corrected chi connectivity index (χ3v) is 7.31. The van der Waals surface area contributed by atoms with Crippen LogP contribution >= 0.6 is 0 Å². The second kappa shape index (κ2) is 8.42. The molecule has 34 heavy (non-hydrogen) atoms. The lowest BCUT2D eigenvalue weighted by Crippen LogP contribution is -2.13. The molecule has 0 aliphatic rings. The van der Waals surface area contributed by atoms with Crippen LogP contribution in [0.2, 0.25) is 0 Å². The van der Waals surface area contributed by atoms with Crippen LogP contribution in [0, 0.1) is 12.7 Å². The fourth-order valence-electron chi connectivity index (χ4n) is 3.79. The predicted molar refractivity (Wildman–Crippen MR) is 127 cm³/mol. The zero-order valence-electron chi connectivity index (χ0n) is 18.6. The Kier molecular flexibility index (Phi) is 5.41. The summed E-state index contributed by atoms with van der Waals surface area (Å²) < 4.78 is 45.7. The smallest absolute Gasteiger partial charge is 0.268 e. The Labute approximate surface area is 196 Å². The van der Waals surface area contributed by atoms with E-state index in [1.54, 1.807) is 95.9 Å². The van der Waals surface area contributed by atoms with Gasteiger partial charge in [-0.2, -0.15) is 10.2 Å². The van der Waals surface area contributed by atoms with E-state index in [0.29, 0.717) is 22.4 Å². The minimum atomic E-state index is -3.86. The van der Waals surface area contributed by atoms with Gasteiger partial charge in [-0.15, -0.1) is 0 Å². The van der Waals surface area contributed by atoms with Crippen LogP contribution in [0.15, 0.2) is 90.5 Å². The summed E-state index contributed by atoms with van der Waals surface area (Å²) in [6.07, 6.45) is 8.40. The van der Waals surface area contributed by atoms with E-state index in [0.717, 1.165) is 11.1 Å². The van der Waals surface area contributed by atoms with Crippen molar-refractivity contribution in [3.05, 3.63) is 103 Å². The number of rotatable bonds is 6. The van der Waals surface area contributed by atoms with E-state index in [9.17, 15) is 12.8 Å². The zero-order valence-corrected chi connectivity index (χ0v) is 19.4. The first-order valence-electron chi connectivity index (χ1n) is 10.6. The zero-order chi connectivity index (χ0) is 23.9. The van der Waals surface area contributed by atoms with Crippen molar-refractivity contribution >= 4 is 10.0 Å². The van der Waals surface area contributed by atoms with E-state index in [1.165, 1.54) is 10.0 Å². The van der Waals surface area contributed by atoms with Crippen molar-refractivity contribution in [3.8, 4) is 22.4 Å². The first kappa shape index (κ1) is 21.8. The molecule has 0 radical (unpaired) electrons. The third-order valence-electron chi connectivity index (χ3n) is 5.62. The van der Waals surface area contributed by atoms with Gasteiger partial charge >= 0.3 is 0 Å². The molecule has 7 nitrogen and oxygen atoms in total. The molecular formula is C25H22FN5O2S. The number of hydrogen-bond donors (Lipinski definition) is 0. The Balaban J connectivity index is 1.57. The number of aromatic nitrogens is 5. The second-order valence-corrected chi connectivity index (χ2v) is 9.96. The number of nitrogens with zero attached hydrogens (tertiary/aromatic N) is 5. The summed E-state index contributed by atoms with van der Waals surface area (Å²) in [5.41, 5.74) is 4.05. The summed E-state index contributed by atoms with van der Waals surface area (Å²) in [6.45, 7) is 2.18. The van der Waals surface area contributed by atoms with Crippen LogP contribution in [0.5, 0.6) is 0 Å². The summed E-state index contributed by atoms with van der Waals surface area (Å²) in [7, 11) is -2.08. The number of hydrogen-bond acceptors (Lipinski definition) is 4. The van der Waals surface area contributed by atoms with Gasteiger partial charge in [-0.1, -0.05) is 35.9 Å². The Morgan fingerprint density at radius 2 is 1.62 bits per heavy atom. The lowest BCUT2D eigenvalue weighted by Gasteiger charge is -2.09. The van der Waals surface area contributed by atoms with Gasteiger partial charge < -0.3 is 0 Å². The van der Waals surface area contributed by atoms with E-state index in [2.05, 4.69) is 10.2 Å². The van der Waals surface area contributed by atoms with Gasteiger partial charge in [0.05, 0.1) is 29.5 Å². The van der Waals surface area contributed by atoms with E-state index in [4.69, 9.17) is 0 Å². The van der Waals surface area contributed by atoms with E-state index in [1.807, 2.05) is 6.92 Å². The van der Waals surface area contributed by atoms with E-state index < -0.39 is 10.0 Å². The first-order chi connectivity index (χ1) is 16.3. The molecule has 0 fully saturated rings. The van der Waals surface area contributed by atoms with Crippen LogP contribution in [0.3, 0.4) is 0 Å². The molecule has 0 atom stereocenters. The maximum atomic E-state index is 14.0. The van der Waals surface area contributed by atoms with Gasteiger partial charge in [0.2, 0.25) is 0 Å². The SMILES string of the molecule is Cc1ccc(S(=O)(=O)n2cc(-c3cnn(Cc4ccccc4F)c3)cc2-c2cnn(C)c2)cc1. The largest absolute Gasteiger partial charge is 0.275 e. The molecule has 3 heterocycles. The van der Waals surface area contributed by atoms with Crippen molar-refractivity contribution in [3.63, 3.8) is 0 Å². The molecule has 5 rings (SSSR count). The molecule has 0 bridgehead atoms. The van der Waals surface area contributed by atoms with Crippen molar-refractivity contribution in [2.75, 3.05) is 0 Å². The van der Waals surface area contributed by atoms with Crippen LogP contribution < -0.4 is 0 Å². The highest BCUT2D eigenvalue weighted by molar-refractivity contribution is 7.90. The molecule has 0 aliphatic heterocycles. The van der Waals surface area contributed by atoms with Crippen LogP contribution in [0.1, 0.15) is 11.1 Å². The number of halogens is 1. The van der Waals surface area contributed by atoms with Crippen molar-refractivity contribution < 1.29 is 12.8 Å². The Morgan fingerprint density at radius 3 is 2.32 bits per heavy atom. The first-order valence-corrected chi connectivity index (χ1v) is 12.1.